The van der Waals surface area contributed by atoms with E-state index >= 15 is 0 Å². The highest BCUT2D eigenvalue weighted by molar-refractivity contribution is 7.19. The van der Waals surface area contributed by atoms with E-state index in [2.05, 4.69) is 10.5 Å². The van der Waals surface area contributed by atoms with Gasteiger partial charge in [-0.2, -0.15) is 0 Å². The summed E-state index contributed by atoms with van der Waals surface area (Å²) in [6.45, 7) is 1.95. The Bertz CT molecular complexity index is 891. The van der Waals surface area contributed by atoms with Crippen LogP contribution in [0.3, 0.4) is 0 Å². The van der Waals surface area contributed by atoms with E-state index in [0.717, 1.165) is 12.0 Å². The highest BCUT2D eigenvalue weighted by atomic mass is 35.5. The van der Waals surface area contributed by atoms with E-state index in [1.165, 1.54) is 11.3 Å². The molecule has 0 saturated heterocycles. The van der Waals surface area contributed by atoms with Gasteiger partial charge in [-0.3, -0.25) is 4.79 Å². The first kappa shape index (κ1) is 18.4. The molecule has 0 atom stereocenters. The van der Waals surface area contributed by atoms with Crippen molar-refractivity contribution in [2.24, 2.45) is 5.16 Å². The number of carbonyl (C=O) groups is 2. The maximum absolute atomic E-state index is 12.6. The van der Waals surface area contributed by atoms with Gasteiger partial charge in [-0.15, -0.1) is 11.3 Å². The summed E-state index contributed by atoms with van der Waals surface area (Å²) in [7, 11) is 0. The lowest BCUT2D eigenvalue weighted by Gasteiger charge is -2.13. The van der Waals surface area contributed by atoms with Gasteiger partial charge in [0, 0.05) is 0 Å². The Morgan fingerprint density at radius 2 is 2.12 bits per heavy atom. The standard InChI is InChI=1S/C18H17ClN2O4S/c1-2-25-18(23)14-11-7-5-9-13(21-24)15(11)26-17(14)20-16(22)10-6-3-4-8-12(10)19/h3-4,6,8,24H,2,5,7,9H2,1H3,(H,20,22). The van der Waals surface area contributed by atoms with Crippen molar-refractivity contribution >= 4 is 45.5 Å². The molecular weight excluding hydrogens is 376 g/mol. The van der Waals surface area contributed by atoms with Gasteiger partial charge < -0.3 is 15.3 Å². The predicted octanol–water partition coefficient (Wildman–Crippen LogP) is 4.35. The number of benzene rings is 1. The second-order valence-electron chi connectivity index (χ2n) is 5.67. The molecule has 1 aliphatic carbocycles. The summed E-state index contributed by atoms with van der Waals surface area (Å²) < 4.78 is 5.16. The molecule has 1 heterocycles. The first-order valence-corrected chi connectivity index (χ1v) is 9.36. The Morgan fingerprint density at radius 1 is 1.35 bits per heavy atom. The minimum Gasteiger partial charge on any atom is -0.462 e. The molecule has 0 saturated carbocycles. The van der Waals surface area contributed by atoms with Crippen molar-refractivity contribution in [3.8, 4) is 0 Å². The van der Waals surface area contributed by atoms with Crippen molar-refractivity contribution in [3.63, 3.8) is 0 Å². The summed E-state index contributed by atoms with van der Waals surface area (Å²) >= 11 is 7.29. The van der Waals surface area contributed by atoms with E-state index in [1.807, 2.05) is 0 Å². The van der Waals surface area contributed by atoms with Gasteiger partial charge in [0.15, 0.2) is 0 Å². The average molecular weight is 393 g/mol. The predicted molar refractivity (Wildman–Crippen MR) is 101 cm³/mol. The smallest absolute Gasteiger partial charge is 0.341 e. The van der Waals surface area contributed by atoms with Crippen LogP contribution in [-0.4, -0.2) is 29.4 Å². The number of thiophene rings is 1. The van der Waals surface area contributed by atoms with Crippen LogP contribution in [0, 0.1) is 0 Å². The lowest BCUT2D eigenvalue weighted by atomic mass is 9.94. The van der Waals surface area contributed by atoms with E-state index in [0.29, 0.717) is 44.6 Å². The van der Waals surface area contributed by atoms with Crippen LogP contribution in [-0.2, 0) is 11.2 Å². The molecule has 0 bridgehead atoms. The van der Waals surface area contributed by atoms with E-state index in [9.17, 15) is 14.8 Å². The molecule has 2 N–H and O–H groups in total. The molecule has 0 radical (unpaired) electrons. The van der Waals surface area contributed by atoms with Crippen LogP contribution >= 0.6 is 22.9 Å². The number of halogens is 1. The van der Waals surface area contributed by atoms with Gasteiger partial charge in [0.2, 0.25) is 0 Å². The van der Waals surface area contributed by atoms with Crippen molar-refractivity contribution in [1.82, 2.24) is 0 Å². The third-order valence-electron chi connectivity index (χ3n) is 4.06. The molecule has 0 spiro atoms. The van der Waals surface area contributed by atoms with Crippen molar-refractivity contribution in [2.45, 2.75) is 26.2 Å². The second kappa shape index (κ2) is 7.88. The molecule has 1 aromatic heterocycles. The van der Waals surface area contributed by atoms with Gasteiger partial charge in [0.1, 0.15) is 5.00 Å². The van der Waals surface area contributed by atoms with Crippen LogP contribution < -0.4 is 5.32 Å². The van der Waals surface area contributed by atoms with E-state index < -0.39 is 11.9 Å². The van der Waals surface area contributed by atoms with Crippen molar-refractivity contribution < 1.29 is 19.5 Å². The van der Waals surface area contributed by atoms with Crippen molar-refractivity contribution in [2.75, 3.05) is 11.9 Å². The van der Waals surface area contributed by atoms with E-state index in [-0.39, 0.29) is 6.61 Å². The number of rotatable bonds is 4. The molecule has 0 unspecified atom stereocenters. The Labute approximate surface area is 159 Å². The summed E-state index contributed by atoms with van der Waals surface area (Å²) in [5.74, 6) is -0.916. The number of fused-ring (bicyclic) bond motifs is 1. The van der Waals surface area contributed by atoms with Crippen LogP contribution in [0.4, 0.5) is 5.00 Å². The van der Waals surface area contributed by atoms with Gasteiger partial charge in [0.25, 0.3) is 5.91 Å². The zero-order valence-corrected chi connectivity index (χ0v) is 15.6. The Kier molecular flexibility index (Phi) is 5.58. The molecule has 136 valence electrons. The van der Waals surface area contributed by atoms with Gasteiger partial charge >= 0.3 is 5.97 Å². The molecule has 26 heavy (non-hydrogen) atoms. The Hall–Kier alpha value is -2.38. The number of esters is 1. The van der Waals surface area contributed by atoms with Crippen molar-refractivity contribution in [1.29, 1.82) is 0 Å². The number of nitrogens with one attached hydrogen (secondary N) is 1. The number of hydrogen-bond acceptors (Lipinski definition) is 6. The fourth-order valence-corrected chi connectivity index (χ4v) is 4.37. The van der Waals surface area contributed by atoms with Gasteiger partial charge in [-0.1, -0.05) is 28.9 Å². The van der Waals surface area contributed by atoms with Crippen LogP contribution in [0.2, 0.25) is 5.02 Å². The molecule has 0 fully saturated rings. The molecule has 1 aliphatic rings. The maximum atomic E-state index is 12.6. The van der Waals surface area contributed by atoms with Crippen LogP contribution in [0.15, 0.2) is 29.4 Å². The highest BCUT2D eigenvalue weighted by Crippen LogP contribution is 2.39. The third kappa shape index (κ3) is 3.45. The summed E-state index contributed by atoms with van der Waals surface area (Å²) in [5.41, 5.74) is 1.90. The normalized spacial score (nSPS) is 14.8. The van der Waals surface area contributed by atoms with E-state index in [1.54, 1.807) is 31.2 Å². The zero-order chi connectivity index (χ0) is 18.7. The van der Waals surface area contributed by atoms with Crippen LogP contribution in [0.5, 0.6) is 0 Å². The second-order valence-corrected chi connectivity index (χ2v) is 7.10. The van der Waals surface area contributed by atoms with Gasteiger partial charge in [-0.05, 0) is 43.9 Å². The lowest BCUT2D eigenvalue weighted by molar-refractivity contribution is 0.0527. The molecule has 1 amide bonds. The monoisotopic (exact) mass is 392 g/mol. The molecule has 3 rings (SSSR count). The quantitative estimate of drug-likeness (QED) is 0.460. The number of anilines is 1. The summed E-state index contributed by atoms with van der Waals surface area (Å²) in [6.07, 6.45) is 2.03. The first-order chi connectivity index (χ1) is 12.6. The Morgan fingerprint density at radius 3 is 2.81 bits per heavy atom. The van der Waals surface area contributed by atoms with Crippen molar-refractivity contribution in [3.05, 3.63) is 50.9 Å². The zero-order valence-electron chi connectivity index (χ0n) is 14.0. The fraction of sp³-hybridized carbons (Fsp3) is 0.278. The summed E-state index contributed by atoms with van der Waals surface area (Å²) in [6, 6.07) is 6.68. The summed E-state index contributed by atoms with van der Waals surface area (Å²) in [4.78, 5) is 25.8. The lowest BCUT2D eigenvalue weighted by Crippen LogP contribution is -2.16. The molecule has 0 aliphatic heterocycles. The number of nitrogens with zero attached hydrogens (tertiary/aromatic N) is 1. The number of ether oxygens (including phenoxy) is 1. The molecule has 8 heteroatoms. The molecule has 6 nitrogen and oxygen atoms in total. The molecular formula is C18H17ClN2O4S. The summed E-state index contributed by atoms with van der Waals surface area (Å²) in [5, 5.41) is 16.1. The Balaban J connectivity index is 2.03. The number of carbonyl (C=O) groups excluding carboxylic acids is 2. The first-order valence-electron chi connectivity index (χ1n) is 8.16. The fourth-order valence-electron chi connectivity index (χ4n) is 2.90. The van der Waals surface area contributed by atoms with E-state index in [4.69, 9.17) is 16.3 Å². The van der Waals surface area contributed by atoms with Gasteiger partial charge in [-0.25, -0.2) is 4.79 Å². The molecule has 2 aromatic rings. The number of amides is 1. The molecule has 1 aromatic carbocycles. The largest absolute Gasteiger partial charge is 0.462 e. The van der Waals surface area contributed by atoms with Gasteiger partial charge in [0.05, 0.1) is 33.3 Å². The average Bonchev–Trinajstić information content (AvgIpc) is 3.00. The SMILES string of the molecule is CCOC(=O)c1c(NC(=O)c2ccccc2Cl)sc2c1CCCC2=NO. The number of hydrogen-bond donors (Lipinski definition) is 2. The van der Waals surface area contributed by atoms with Crippen LogP contribution in [0.1, 0.15) is 50.9 Å². The third-order valence-corrected chi connectivity index (χ3v) is 5.58. The number of oxime groups is 1. The highest BCUT2D eigenvalue weighted by Gasteiger charge is 2.30. The maximum Gasteiger partial charge on any atom is 0.341 e. The topological polar surface area (TPSA) is 88.0 Å². The minimum absolute atomic E-state index is 0.225. The van der Waals surface area contributed by atoms with Crippen LogP contribution in [0.25, 0.3) is 0 Å². The minimum atomic E-state index is -0.501.